The lowest BCUT2D eigenvalue weighted by atomic mass is 10.1. The van der Waals surface area contributed by atoms with Gasteiger partial charge in [-0.25, -0.2) is 17.5 Å². The Balaban J connectivity index is 1.66. The van der Waals surface area contributed by atoms with Crippen LogP contribution in [0.3, 0.4) is 0 Å². The second-order valence-electron chi connectivity index (χ2n) is 7.12. The van der Waals surface area contributed by atoms with E-state index in [1.807, 2.05) is 30.3 Å². The van der Waals surface area contributed by atoms with Gasteiger partial charge in [0.05, 0.1) is 21.2 Å². The Morgan fingerprint density at radius 1 is 1.03 bits per heavy atom. The van der Waals surface area contributed by atoms with Gasteiger partial charge in [-0.1, -0.05) is 54.1 Å². The van der Waals surface area contributed by atoms with Gasteiger partial charge in [0.15, 0.2) is 0 Å². The van der Waals surface area contributed by atoms with Crippen LogP contribution in [0.2, 0.25) is 5.02 Å². The van der Waals surface area contributed by atoms with Crippen molar-refractivity contribution >= 4 is 33.2 Å². The van der Waals surface area contributed by atoms with E-state index < -0.39 is 21.7 Å². The molecule has 0 spiro atoms. The molecule has 3 aromatic rings. The van der Waals surface area contributed by atoms with Crippen LogP contribution in [0.5, 0.6) is 0 Å². The van der Waals surface area contributed by atoms with E-state index in [2.05, 4.69) is 10.0 Å². The van der Waals surface area contributed by atoms with Crippen LogP contribution in [0.15, 0.2) is 77.7 Å². The molecule has 3 aromatic carbocycles. The molecule has 0 aromatic heterocycles. The van der Waals surface area contributed by atoms with Crippen molar-refractivity contribution in [1.82, 2.24) is 4.72 Å². The van der Waals surface area contributed by atoms with Crippen molar-refractivity contribution in [2.24, 2.45) is 0 Å². The first kappa shape index (κ1) is 22.9. The number of halogens is 2. The summed E-state index contributed by atoms with van der Waals surface area (Å²) in [5.74, 6) is -1.45. The molecule has 0 bridgehead atoms. The first-order valence-corrected chi connectivity index (χ1v) is 11.5. The largest absolute Gasteiger partial charge is 0.319 e. The van der Waals surface area contributed by atoms with E-state index in [1.54, 1.807) is 25.1 Å². The number of benzene rings is 3. The predicted molar refractivity (Wildman–Crippen MR) is 120 cm³/mol. The average Bonchev–Trinajstić information content (AvgIpc) is 2.74. The Morgan fingerprint density at radius 3 is 2.39 bits per heavy atom. The fraction of sp³-hybridized carbons (Fsp3) is 0.174. The SMILES string of the molecule is C[C@H](CCc1ccccc1)NS(=O)(=O)c1ccc(NC(=O)c2ccccc2Cl)c(F)c1. The lowest BCUT2D eigenvalue weighted by Crippen LogP contribution is -2.33. The van der Waals surface area contributed by atoms with Gasteiger partial charge in [0, 0.05) is 6.04 Å². The summed E-state index contributed by atoms with van der Waals surface area (Å²) in [6.07, 6.45) is 1.31. The molecule has 0 heterocycles. The Hall–Kier alpha value is -2.74. The Bertz CT molecular complexity index is 1170. The maximum atomic E-state index is 14.5. The maximum Gasteiger partial charge on any atom is 0.257 e. The van der Waals surface area contributed by atoms with E-state index in [4.69, 9.17) is 11.6 Å². The van der Waals surface area contributed by atoms with Gasteiger partial charge in [-0.15, -0.1) is 0 Å². The summed E-state index contributed by atoms with van der Waals surface area (Å²) < 4.78 is 42.3. The highest BCUT2D eigenvalue weighted by molar-refractivity contribution is 7.89. The summed E-state index contributed by atoms with van der Waals surface area (Å²) in [4.78, 5) is 12.1. The average molecular weight is 461 g/mol. The van der Waals surface area contributed by atoms with Crippen LogP contribution in [0.25, 0.3) is 0 Å². The van der Waals surface area contributed by atoms with Gasteiger partial charge >= 0.3 is 0 Å². The third kappa shape index (κ3) is 6.13. The van der Waals surface area contributed by atoms with E-state index in [0.717, 1.165) is 11.6 Å². The molecule has 5 nitrogen and oxygen atoms in total. The molecular formula is C23H22ClFN2O3S. The number of nitrogens with one attached hydrogen (secondary N) is 2. The van der Waals surface area contributed by atoms with Crippen molar-refractivity contribution < 1.29 is 17.6 Å². The van der Waals surface area contributed by atoms with Crippen LogP contribution in [0.4, 0.5) is 10.1 Å². The zero-order valence-corrected chi connectivity index (χ0v) is 18.4. The standard InChI is InChI=1S/C23H22ClFN2O3S/c1-16(11-12-17-7-3-2-4-8-17)27-31(29,30)18-13-14-22(21(25)15-18)26-23(28)19-9-5-6-10-20(19)24/h2-10,13-16,27H,11-12H2,1H3,(H,26,28)/t16-/m1/s1. The quantitative estimate of drug-likeness (QED) is 0.495. The molecule has 1 atom stereocenters. The Morgan fingerprint density at radius 2 is 1.71 bits per heavy atom. The van der Waals surface area contributed by atoms with Gasteiger partial charge < -0.3 is 5.32 Å². The molecule has 0 fully saturated rings. The second-order valence-corrected chi connectivity index (χ2v) is 9.24. The molecule has 0 aliphatic carbocycles. The van der Waals surface area contributed by atoms with Crippen molar-refractivity contribution in [3.63, 3.8) is 0 Å². The summed E-state index contributed by atoms with van der Waals surface area (Å²) in [5.41, 5.74) is 1.16. The zero-order valence-electron chi connectivity index (χ0n) is 16.8. The minimum absolute atomic E-state index is 0.138. The molecular weight excluding hydrogens is 439 g/mol. The van der Waals surface area contributed by atoms with Crippen LogP contribution >= 0.6 is 11.6 Å². The van der Waals surface area contributed by atoms with E-state index in [9.17, 15) is 17.6 Å². The second kappa shape index (κ2) is 10.0. The minimum atomic E-state index is -3.91. The highest BCUT2D eigenvalue weighted by atomic mass is 35.5. The summed E-state index contributed by atoms with van der Waals surface area (Å²) in [5, 5.41) is 2.64. The van der Waals surface area contributed by atoms with E-state index in [1.165, 1.54) is 18.2 Å². The highest BCUT2D eigenvalue weighted by Gasteiger charge is 2.20. The molecule has 1 amide bonds. The van der Waals surface area contributed by atoms with Crippen molar-refractivity contribution in [1.29, 1.82) is 0 Å². The van der Waals surface area contributed by atoms with Crippen molar-refractivity contribution in [3.8, 4) is 0 Å². The molecule has 162 valence electrons. The number of hydrogen-bond acceptors (Lipinski definition) is 3. The molecule has 31 heavy (non-hydrogen) atoms. The molecule has 0 aliphatic rings. The van der Waals surface area contributed by atoms with Gasteiger partial charge in [-0.3, -0.25) is 4.79 Å². The number of anilines is 1. The lowest BCUT2D eigenvalue weighted by molar-refractivity contribution is 0.102. The smallest absolute Gasteiger partial charge is 0.257 e. The van der Waals surface area contributed by atoms with Crippen LogP contribution in [0, 0.1) is 5.82 Å². The van der Waals surface area contributed by atoms with Crippen LogP contribution in [0.1, 0.15) is 29.3 Å². The van der Waals surface area contributed by atoms with Gasteiger partial charge in [-0.05, 0) is 55.7 Å². The molecule has 0 saturated carbocycles. The molecule has 3 rings (SSSR count). The van der Waals surface area contributed by atoms with E-state index >= 15 is 0 Å². The molecule has 2 N–H and O–H groups in total. The Labute approximate surface area is 186 Å². The topological polar surface area (TPSA) is 75.3 Å². The number of rotatable bonds is 8. The van der Waals surface area contributed by atoms with Gasteiger partial charge in [0.2, 0.25) is 10.0 Å². The van der Waals surface area contributed by atoms with Crippen LogP contribution in [-0.4, -0.2) is 20.4 Å². The lowest BCUT2D eigenvalue weighted by Gasteiger charge is -2.15. The molecule has 0 saturated heterocycles. The van der Waals surface area contributed by atoms with Crippen molar-refractivity contribution in [3.05, 3.63) is 94.8 Å². The van der Waals surface area contributed by atoms with E-state index in [-0.39, 0.29) is 27.2 Å². The fourth-order valence-electron chi connectivity index (χ4n) is 3.02. The van der Waals surface area contributed by atoms with Crippen LogP contribution < -0.4 is 10.0 Å². The normalized spacial score (nSPS) is 12.4. The number of aryl methyl sites for hydroxylation is 1. The molecule has 0 aliphatic heterocycles. The third-order valence-corrected chi connectivity index (χ3v) is 6.60. The van der Waals surface area contributed by atoms with Crippen LogP contribution in [-0.2, 0) is 16.4 Å². The van der Waals surface area contributed by atoms with Gasteiger partial charge in [0.25, 0.3) is 5.91 Å². The van der Waals surface area contributed by atoms with Gasteiger partial charge in [-0.2, -0.15) is 0 Å². The first-order chi connectivity index (χ1) is 14.8. The monoisotopic (exact) mass is 460 g/mol. The number of carbonyl (C=O) groups is 1. The molecule has 8 heteroatoms. The van der Waals surface area contributed by atoms with E-state index in [0.29, 0.717) is 12.8 Å². The minimum Gasteiger partial charge on any atom is -0.319 e. The van der Waals surface area contributed by atoms with Crippen molar-refractivity contribution in [2.45, 2.75) is 30.7 Å². The number of sulfonamides is 1. The summed E-state index contributed by atoms with van der Waals surface area (Å²) >= 11 is 5.98. The number of carbonyl (C=O) groups excluding carboxylic acids is 1. The summed E-state index contributed by atoms with van der Waals surface area (Å²) in [6.45, 7) is 1.76. The van der Waals surface area contributed by atoms with Gasteiger partial charge in [0.1, 0.15) is 5.82 Å². The fourth-order valence-corrected chi connectivity index (χ4v) is 4.53. The Kier molecular flexibility index (Phi) is 7.43. The third-order valence-electron chi connectivity index (χ3n) is 4.68. The summed E-state index contributed by atoms with van der Waals surface area (Å²) in [7, 11) is -3.91. The molecule has 0 radical (unpaired) electrons. The maximum absolute atomic E-state index is 14.5. The number of amides is 1. The highest BCUT2D eigenvalue weighted by Crippen LogP contribution is 2.22. The zero-order chi connectivity index (χ0) is 22.4. The number of hydrogen-bond donors (Lipinski definition) is 2. The predicted octanol–water partition coefficient (Wildman–Crippen LogP) is 5.03. The first-order valence-electron chi connectivity index (χ1n) is 9.68. The van der Waals surface area contributed by atoms with Crippen molar-refractivity contribution in [2.75, 3.05) is 5.32 Å². The summed E-state index contributed by atoms with van der Waals surface area (Å²) in [6, 6.07) is 19.1. The molecule has 0 unspecified atom stereocenters.